The zero-order chi connectivity index (χ0) is 36.0. The van der Waals surface area contributed by atoms with Gasteiger partial charge in [-0.1, -0.05) is 182 Å². The van der Waals surface area contributed by atoms with Gasteiger partial charge >= 0.3 is 0 Å². The van der Waals surface area contributed by atoms with Crippen molar-refractivity contribution in [3.05, 3.63) is 154 Å². The van der Waals surface area contributed by atoms with E-state index in [-0.39, 0.29) is 0 Å². The summed E-state index contributed by atoms with van der Waals surface area (Å²) in [5, 5.41) is 2.68. The maximum absolute atomic E-state index is 5.43. The zero-order valence-corrected chi connectivity index (χ0v) is 32.4. The molecule has 0 aromatic heterocycles. The van der Waals surface area contributed by atoms with Crippen molar-refractivity contribution < 1.29 is 4.74 Å². The van der Waals surface area contributed by atoms with E-state index in [0.717, 1.165) is 18.8 Å². The highest BCUT2D eigenvalue weighted by atomic mass is 16.5. The van der Waals surface area contributed by atoms with Gasteiger partial charge in [0.05, 0.1) is 6.61 Å². The second-order valence-corrected chi connectivity index (χ2v) is 9.90. The first kappa shape index (κ1) is 45.0. The summed E-state index contributed by atoms with van der Waals surface area (Å²) in [6.07, 6.45) is 5.29. The van der Waals surface area contributed by atoms with Crippen LogP contribution in [0.3, 0.4) is 0 Å². The van der Waals surface area contributed by atoms with Gasteiger partial charge in [-0.3, -0.25) is 0 Å². The topological polar surface area (TPSA) is 9.23 Å². The van der Waals surface area contributed by atoms with Crippen molar-refractivity contribution in [2.75, 3.05) is 6.61 Å². The summed E-state index contributed by atoms with van der Waals surface area (Å²) in [6, 6.07) is 37.8. The molecule has 5 aromatic carbocycles. The van der Waals surface area contributed by atoms with Crippen molar-refractivity contribution in [3.8, 4) is 5.75 Å². The lowest BCUT2D eigenvalue weighted by Crippen LogP contribution is -1.87. The van der Waals surface area contributed by atoms with Gasteiger partial charge in [0.1, 0.15) is 5.75 Å². The summed E-state index contributed by atoms with van der Waals surface area (Å²) < 4.78 is 5.43. The van der Waals surface area contributed by atoms with Crippen molar-refractivity contribution in [2.24, 2.45) is 0 Å². The van der Waals surface area contributed by atoms with Gasteiger partial charge in [-0.15, -0.1) is 0 Å². The van der Waals surface area contributed by atoms with E-state index in [2.05, 4.69) is 138 Å². The number of aryl methyl sites for hydroxylation is 4. The Kier molecular flexibility index (Phi) is 28.1. The molecule has 0 bridgehead atoms. The van der Waals surface area contributed by atoms with Crippen LogP contribution in [0.2, 0.25) is 0 Å². The number of rotatable bonds is 1. The van der Waals surface area contributed by atoms with Crippen LogP contribution in [-0.4, -0.2) is 6.61 Å². The third-order valence-electron chi connectivity index (χ3n) is 6.85. The standard InChI is InChI=1S/C11H10.C11H14.C9H10O.C7H8.4C2H6/c1-9-5-4-7-10-6-2-3-8-11(9)10;1-4-6-11-8-5-7-9(2)10(11)3;1-7-3-2-4-8-5-6-10-9(7)8;1-7-5-3-2-4-6-7;4*1-2/h2-8H,1H3;4-8H,1-3H3;2-4H,5-6H2,1H3;2-6H,1H3;4*1-2H3/b;6-4-;;;;;;. The SMILES string of the molecule is C/C=C\c1cccc(C)c1C.CC.CC.CC.CC.Cc1cccc2c1OCC2.Cc1cccc2ccccc12.Cc1ccccc1. The zero-order valence-electron chi connectivity index (χ0n) is 32.4. The van der Waals surface area contributed by atoms with E-state index in [1.165, 1.54) is 49.7 Å². The number of benzene rings is 5. The van der Waals surface area contributed by atoms with Gasteiger partial charge in [-0.25, -0.2) is 0 Å². The Balaban J connectivity index is 0. The number of hydrogen-bond donors (Lipinski definition) is 0. The maximum Gasteiger partial charge on any atom is 0.125 e. The number of hydrogen-bond acceptors (Lipinski definition) is 1. The maximum atomic E-state index is 5.43. The lowest BCUT2D eigenvalue weighted by molar-refractivity contribution is 0.354. The van der Waals surface area contributed by atoms with E-state index in [1.54, 1.807) is 0 Å². The molecule has 0 atom stereocenters. The minimum atomic E-state index is 0.861. The number of para-hydroxylation sites is 1. The van der Waals surface area contributed by atoms with Gasteiger partial charge < -0.3 is 4.74 Å². The van der Waals surface area contributed by atoms with E-state index in [0.29, 0.717) is 0 Å². The molecule has 0 saturated heterocycles. The molecule has 1 nitrogen and oxygen atoms in total. The van der Waals surface area contributed by atoms with Crippen LogP contribution in [0.25, 0.3) is 16.8 Å². The first-order valence-electron chi connectivity index (χ1n) is 17.8. The van der Waals surface area contributed by atoms with Gasteiger partial charge in [0.15, 0.2) is 0 Å². The fraction of sp³-hybridized carbons (Fsp3) is 0.348. The summed E-state index contributed by atoms with van der Waals surface area (Å²) in [6.45, 7) is 29.5. The largest absolute Gasteiger partial charge is 0.493 e. The van der Waals surface area contributed by atoms with Crippen LogP contribution in [0.5, 0.6) is 5.75 Å². The monoisotopic (exact) mass is 635 g/mol. The Hall–Kier alpha value is -4.10. The Morgan fingerprint density at radius 1 is 0.511 bits per heavy atom. The quantitative estimate of drug-likeness (QED) is 0.178. The van der Waals surface area contributed by atoms with Crippen molar-refractivity contribution in [2.45, 2.75) is 103 Å². The average Bonchev–Trinajstić information content (AvgIpc) is 3.63. The highest BCUT2D eigenvalue weighted by Crippen LogP contribution is 2.28. The van der Waals surface area contributed by atoms with Crippen LogP contribution < -0.4 is 4.74 Å². The smallest absolute Gasteiger partial charge is 0.125 e. The molecule has 0 unspecified atom stereocenters. The lowest BCUT2D eigenvalue weighted by atomic mass is 10.0. The molecule has 0 fully saturated rings. The van der Waals surface area contributed by atoms with Crippen LogP contribution >= 0.6 is 0 Å². The molecular weight excluding hydrogens is 569 g/mol. The van der Waals surface area contributed by atoms with E-state index < -0.39 is 0 Å². The number of fused-ring (bicyclic) bond motifs is 2. The molecule has 0 spiro atoms. The minimum Gasteiger partial charge on any atom is -0.493 e. The molecule has 0 N–H and O–H groups in total. The highest BCUT2D eigenvalue weighted by Gasteiger charge is 2.12. The van der Waals surface area contributed by atoms with E-state index in [1.807, 2.05) is 80.5 Å². The number of ether oxygens (including phenoxy) is 1. The average molecular weight is 635 g/mol. The van der Waals surface area contributed by atoms with Crippen molar-refractivity contribution in [1.82, 2.24) is 0 Å². The molecule has 1 aliphatic heterocycles. The van der Waals surface area contributed by atoms with Gasteiger partial charge in [0, 0.05) is 6.42 Å². The molecule has 0 amide bonds. The Bertz CT molecular complexity index is 1470. The van der Waals surface area contributed by atoms with Crippen LogP contribution in [0.4, 0.5) is 0 Å². The third-order valence-corrected chi connectivity index (χ3v) is 6.85. The Labute approximate surface area is 290 Å². The molecule has 1 aliphatic rings. The first-order chi connectivity index (χ1) is 22.9. The molecule has 0 aliphatic carbocycles. The fourth-order valence-corrected chi connectivity index (χ4v) is 4.44. The summed E-state index contributed by atoms with van der Waals surface area (Å²) in [7, 11) is 0. The van der Waals surface area contributed by atoms with E-state index in [4.69, 9.17) is 4.74 Å². The van der Waals surface area contributed by atoms with E-state index >= 15 is 0 Å². The summed E-state index contributed by atoms with van der Waals surface area (Å²) in [5.74, 6) is 1.11. The van der Waals surface area contributed by atoms with Crippen LogP contribution in [0.1, 0.15) is 101 Å². The first-order valence-corrected chi connectivity index (χ1v) is 17.8. The second kappa shape index (κ2) is 29.3. The summed E-state index contributed by atoms with van der Waals surface area (Å²) in [5.41, 5.74) is 9.36. The highest BCUT2D eigenvalue weighted by molar-refractivity contribution is 5.85. The summed E-state index contributed by atoms with van der Waals surface area (Å²) in [4.78, 5) is 0. The molecule has 1 heteroatoms. The van der Waals surface area contributed by atoms with Gasteiger partial charge in [-0.05, 0) is 85.7 Å². The normalized spacial score (nSPS) is 9.83. The molecule has 1 heterocycles. The number of allylic oxidation sites excluding steroid dienone is 1. The molecule has 47 heavy (non-hydrogen) atoms. The summed E-state index contributed by atoms with van der Waals surface area (Å²) >= 11 is 0. The predicted molar refractivity (Wildman–Crippen MR) is 216 cm³/mol. The van der Waals surface area contributed by atoms with Gasteiger partial charge in [-0.2, -0.15) is 0 Å². The third kappa shape index (κ3) is 17.4. The van der Waals surface area contributed by atoms with E-state index in [9.17, 15) is 0 Å². The molecule has 256 valence electrons. The van der Waals surface area contributed by atoms with Crippen molar-refractivity contribution in [3.63, 3.8) is 0 Å². The molecule has 0 saturated carbocycles. The van der Waals surface area contributed by atoms with Gasteiger partial charge in [0.2, 0.25) is 0 Å². The predicted octanol–water partition coefficient (Wildman–Crippen LogP) is 14.5. The Morgan fingerprint density at radius 2 is 1.02 bits per heavy atom. The molecule has 0 radical (unpaired) electrons. The van der Waals surface area contributed by atoms with Crippen LogP contribution in [-0.2, 0) is 6.42 Å². The van der Waals surface area contributed by atoms with Crippen LogP contribution in [0.15, 0.2) is 115 Å². The minimum absolute atomic E-state index is 0.861. The Morgan fingerprint density at radius 3 is 1.57 bits per heavy atom. The van der Waals surface area contributed by atoms with Crippen molar-refractivity contribution >= 4 is 16.8 Å². The van der Waals surface area contributed by atoms with Gasteiger partial charge in [0.25, 0.3) is 0 Å². The second-order valence-electron chi connectivity index (χ2n) is 9.90. The molecule has 5 aromatic rings. The van der Waals surface area contributed by atoms with Crippen LogP contribution in [0, 0.1) is 34.6 Å². The lowest BCUT2D eigenvalue weighted by Gasteiger charge is -2.02. The molecule has 6 rings (SSSR count). The fourth-order valence-electron chi connectivity index (χ4n) is 4.44. The van der Waals surface area contributed by atoms with Crippen molar-refractivity contribution in [1.29, 1.82) is 0 Å². The molecular formula is C46H66O.